The summed E-state index contributed by atoms with van der Waals surface area (Å²) in [7, 11) is 0. The first kappa shape index (κ1) is 19.3. The van der Waals surface area contributed by atoms with Gasteiger partial charge in [-0.25, -0.2) is 8.78 Å². The molecule has 3 nitrogen and oxygen atoms in total. The zero-order valence-electron chi connectivity index (χ0n) is 16.3. The lowest BCUT2D eigenvalue weighted by Crippen LogP contribution is -2.34. The smallest absolute Gasteiger partial charge is 0.166 e. The standard InChI is InChI=1S/C22H25F2NO2/c1-12-8-15-16(22(4,5)7-6-21(15,2)3)10-14(12)18-19(24)13(11-25-27)9-17(23)20(18)26/h8-11,26-27H,6-7H2,1-5H3/b25-11+. The molecule has 0 spiro atoms. The van der Waals surface area contributed by atoms with Crippen molar-refractivity contribution in [3.05, 3.63) is 52.1 Å². The molecule has 144 valence electrons. The SMILES string of the molecule is Cc1cc2c(cc1-c1c(O)c(F)cc(/C=N/O)c1F)C(C)(C)CCC2(C)C. The molecule has 2 aromatic carbocycles. The first-order valence-corrected chi connectivity index (χ1v) is 9.04. The van der Waals surface area contributed by atoms with Crippen molar-refractivity contribution < 1.29 is 19.1 Å². The molecule has 0 bridgehead atoms. The summed E-state index contributed by atoms with van der Waals surface area (Å²) in [5.74, 6) is -2.51. The van der Waals surface area contributed by atoms with E-state index in [4.69, 9.17) is 5.21 Å². The van der Waals surface area contributed by atoms with Crippen LogP contribution in [0.15, 0.2) is 23.4 Å². The van der Waals surface area contributed by atoms with E-state index in [0.717, 1.165) is 36.2 Å². The van der Waals surface area contributed by atoms with Crippen LogP contribution in [0, 0.1) is 18.6 Å². The molecule has 0 saturated carbocycles. The van der Waals surface area contributed by atoms with Gasteiger partial charge in [-0.1, -0.05) is 38.9 Å². The van der Waals surface area contributed by atoms with Gasteiger partial charge in [0.1, 0.15) is 5.82 Å². The van der Waals surface area contributed by atoms with Gasteiger partial charge in [-0.3, -0.25) is 0 Å². The molecule has 2 N–H and O–H groups in total. The predicted octanol–water partition coefficient (Wildman–Crippen LogP) is 5.80. The van der Waals surface area contributed by atoms with E-state index in [1.54, 1.807) is 0 Å². The molecular formula is C22H25F2NO2. The highest BCUT2D eigenvalue weighted by atomic mass is 19.1. The maximum absolute atomic E-state index is 15.0. The Kier molecular flexibility index (Phi) is 4.53. The van der Waals surface area contributed by atoms with Gasteiger partial charge in [0, 0.05) is 5.56 Å². The summed E-state index contributed by atoms with van der Waals surface area (Å²) in [6.07, 6.45) is 2.85. The summed E-state index contributed by atoms with van der Waals surface area (Å²) in [6.45, 7) is 10.5. The van der Waals surface area contributed by atoms with Gasteiger partial charge < -0.3 is 10.3 Å². The first-order valence-electron chi connectivity index (χ1n) is 9.04. The zero-order valence-corrected chi connectivity index (χ0v) is 16.3. The van der Waals surface area contributed by atoms with Gasteiger partial charge in [0.25, 0.3) is 0 Å². The molecule has 0 amide bonds. The second kappa shape index (κ2) is 6.32. The fourth-order valence-electron chi connectivity index (χ4n) is 4.03. The van der Waals surface area contributed by atoms with Crippen LogP contribution in [0.3, 0.4) is 0 Å². The van der Waals surface area contributed by atoms with Crippen LogP contribution in [0.1, 0.15) is 62.8 Å². The molecule has 1 aliphatic rings. The number of hydrogen-bond acceptors (Lipinski definition) is 3. The third-order valence-electron chi connectivity index (χ3n) is 5.88. The highest BCUT2D eigenvalue weighted by molar-refractivity contribution is 5.86. The maximum Gasteiger partial charge on any atom is 0.166 e. The lowest BCUT2D eigenvalue weighted by Gasteiger charge is -2.42. The molecule has 0 heterocycles. The van der Waals surface area contributed by atoms with Crippen molar-refractivity contribution >= 4 is 6.21 Å². The van der Waals surface area contributed by atoms with Crippen LogP contribution in [0.25, 0.3) is 11.1 Å². The van der Waals surface area contributed by atoms with Crippen molar-refractivity contribution in [2.45, 2.75) is 58.3 Å². The number of rotatable bonds is 2. The Labute approximate surface area is 158 Å². The minimum Gasteiger partial charge on any atom is -0.504 e. The number of oxime groups is 1. The Morgan fingerprint density at radius 3 is 2.11 bits per heavy atom. The van der Waals surface area contributed by atoms with E-state index in [9.17, 15) is 9.50 Å². The van der Waals surface area contributed by atoms with Crippen LogP contribution in [-0.4, -0.2) is 16.5 Å². The lowest BCUT2D eigenvalue weighted by atomic mass is 9.62. The second-order valence-corrected chi connectivity index (χ2v) is 8.71. The van der Waals surface area contributed by atoms with Crippen molar-refractivity contribution in [3.63, 3.8) is 0 Å². The highest BCUT2D eigenvalue weighted by Crippen LogP contribution is 2.48. The van der Waals surface area contributed by atoms with Crippen LogP contribution in [0.4, 0.5) is 8.78 Å². The summed E-state index contributed by atoms with van der Waals surface area (Å²) in [6, 6.07) is 4.72. The Balaban J connectivity index is 2.35. The predicted molar refractivity (Wildman–Crippen MR) is 103 cm³/mol. The summed E-state index contributed by atoms with van der Waals surface area (Å²) >= 11 is 0. The van der Waals surface area contributed by atoms with Crippen LogP contribution < -0.4 is 0 Å². The van der Waals surface area contributed by atoms with Gasteiger partial charge in [-0.2, -0.15) is 0 Å². The number of benzene rings is 2. The van der Waals surface area contributed by atoms with E-state index in [1.165, 1.54) is 5.56 Å². The van der Waals surface area contributed by atoms with Crippen LogP contribution in [0.2, 0.25) is 0 Å². The molecule has 0 fully saturated rings. The van der Waals surface area contributed by atoms with Crippen molar-refractivity contribution in [1.29, 1.82) is 0 Å². The summed E-state index contributed by atoms with van der Waals surface area (Å²) < 4.78 is 29.2. The maximum atomic E-state index is 15.0. The number of nitrogens with zero attached hydrogens (tertiary/aromatic N) is 1. The number of aryl methyl sites for hydroxylation is 1. The number of halogens is 2. The number of phenolic OH excluding ortho intramolecular Hbond substituents is 1. The van der Waals surface area contributed by atoms with Crippen LogP contribution in [0.5, 0.6) is 5.75 Å². The average molecular weight is 373 g/mol. The highest BCUT2D eigenvalue weighted by Gasteiger charge is 2.38. The molecule has 0 aromatic heterocycles. The molecule has 2 aromatic rings. The Bertz CT molecular complexity index is 946. The Morgan fingerprint density at radius 1 is 1.00 bits per heavy atom. The van der Waals surface area contributed by atoms with E-state index in [0.29, 0.717) is 5.56 Å². The van der Waals surface area contributed by atoms with Gasteiger partial charge in [0.05, 0.1) is 11.8 Å². The lowest BCUT2D eigenvalue weighted by molar-refractivity contribution is 0.321. The van der Waals surface area contributed by atoms with Gasteiger partial charge in [0.2, 0.25) is 0 Å². The molecule has 27 heavy (non-hydrogen) atoms. The minimum atomic E-state index is -0.960. The summed E-state index contributed by atoms with van der Waals surface area (Å²) in [5, 5.41) is 21.8. The third kappa shape index (κ3) is 3.09. The number of aromatic hydroxyl groups is 1. The third-order valence-corrected chi connectivity index (χ3v) is 5.88. The molecule has 3 rings (SSSR count). The van der Waals surface area contributed by atoms with E-state index in [2.05, 4.69) is 32.9 Å². The molecule has 0 unspecified atom stereocenters. The molecular weight excluding hydrogens is 348 g/mol. The molecule has 0 saturated heterocycles. The molecule has 0 aliphatic heterocycles. The van der Waals surface area contributed by atoms with Gasteiger partial charge >= 0.3 is 0 Å². The second-order valence-electron chi connectivity index (χ2n) is 8.71. The molecule has 1 aliphatic carbocycles. The van der Waals surface area contributed by atoms with Gasteiger partial charge in [-0.05, 0) is 65.0 Å². The van der Waals surface area contributed by atoms with Crippen LogP contribution >= 0.6 is 0 Å². The van der Waals surface area contributed by atoms with Crippen molar-refractivity contribution in [1.82, 2.24) is 0 Å². The van der Waals surface area contributed by atoms with Crippen molar-refractivity contribution in [3.8, 4) is 16.9 Å². The molecule has 5 heteroatoms. The summed E-state index contributed by atoms with van der Waals surface area (Å²) in [5.41, 5.74) is 2.94. The minimum absolute atomic E-state index is 0.00855. The monoisotopic (exact) mass is 373 g/mol. The van der Waals surface area contributed by atoms with E-state index < -0.39 is 17.4 Å². The number of hydrogen-bond donors (Lipinski definition) is 2. The molecule has 0 atom stereocenters. The van der Waals surface area contributed by atoms with Crippen LogP contribution in [-0.2, 0) is 10.8 Å². The topological polar surface area (TPSA) is 52.8 Å². The zero-order chi connectivity index (χ0) is 20.1. The fraction of sp³-hybridized carbons (Fsp3) is 0.409. The average Bonchev–Trinajstić information content (AvgIpc) is 2.58. The number of fused-ring (bicyclic) bond motifs is 1. The van der Waals surface area contributed by atoms with Gasteiger partial charge in [-0.15, -0.1) is 0 Å². The fourth-order valence-corrected chi connectivity index (χ4v) is 4.03. The normalized spacial score (nSPS) is 17.9. The first-order chi connectivity index (χ1) is 12.5. The van der Waals surface area contributed by atoms with E-state index in [1.807, 2.05) is 19.1 Å². The van der Waals surface area contributed by atoms with Crippen molar-refractivity contribution in [2.24, 2.45) is 5.16 Å². The van der Waals surface area contributed by atoms with Gasteiger partial charge in [0.15, 0.2) is 11.6 Å². The summed E-state index contributed by atoms with van der Waals surface area (Å²) in [4.78, 5) is 0. The Hall–Kier alpha value is -2.43. The molecule has 0 radical (unpaired) electrons. The van der Waals surface area contributed by atoms with Crippen molar-refractivity contribution in [2.75, 3.05) is 0 Å². The Morgan fingerprint density at radius 2 is 1.56 bits per heavy atom. The quantitative estimate of drug-likeness (QED) is 0.397. The van der Waals surface area contributed by atoms with E-state index >= 15 is 4.39 Å². The number of phenols is 1. The van der Waals surface area contributed by atoms with E-state index in [-0.39, 0.29) is 22.0 Å². The largest absolute Gasteiger partial charge is 0.504 e.